The number of hydrogen-bond acceptors (Lipinski definition) is 5. The second kappa shape index (κ2) is 8.96. The highest BCUT2D eigenvalue weighted by Crippen LogP contribution is 2.39. The zero-order chi connectivity index (χ0) is 21.0. The first-order valence-electron chi connectivity index (χ1n) is 9.64. The molecule has 29 heavy (non-hydrogen) atoms. The van der Waals surface area contributed by atoms with Crippen molar-refractivity contribution in [2.45, 2.75) is 19.9 Å². The van der Waals surface area contributed by atoms with Crippen LogP contribution in [0.2, 0.25) is 0 Å². The maximum Gasteiger partial charge on any atom is 0.295 e. The van der Waals surface area contributed by atoms with E-state index in [1.807, 2.05) is 13.8 Å². The molecule has 1 aromatic carbocycles. The van der Waals surface area contributed by atoms with Gasteiger partial charge in [0.05, 0.1) is 11.6 Å². The molecule has 1 saturated heterocycles. The molecule has 1 aromatic heterocycles. The van der Waals surface area contributed by atoms with Gasteiger partial charge in [-0.25, -0.2) is 4.39 Å². The predicted molar refractivity (Wildman–Crippen MR) is 107 cm³/mol. The van der Waals surface area contributed by atoms with Crippen LogP contribution < -0.4 is 0 Å². The number of Topliss-reactive ketones (excluding diaryl/α,β-unsaturated/α-hetero) is 1. The van der Waals surface area contributed by atoms with E-state index in [9.17, 15) is 19.1 Å². The molecule has 152 valence electrons. The zero-order valence-corrected chi connectivity index (χ0v) is 16.5. The quantitative estimate of drug-likeness (QED) is 0.442. The number of nitrogens with zero attached hydrogens (tertiary/aromatic N) is 3. The summed E-state index contributed by atoms with van der Waals surface area (Å²) in [5.41, 5.74) is 0.786. The Morgan fingerprint density at radius 2 is 1.86 bits per heavy atom. The fourth-order valence-electron chi connectivity index (χ4n) is 3.59. The Bertz CT molecular complexity index is 926. The normalized spacial score (nSPS) is 18.6. The van der Waals surface area contributed by atoms with Gasteiger partial charge in [-0.1, -0.05) is 26.0 Å². The molecular weight excluding hydrogens is 373 g/mol. The van der Waals surface area contributed by atoms with Crippen LogP contribution in [0, 0.1) is 5.82 Å². The molecule has 2 aromatic rings. The summed E-state index contributed by atoms with van der Waals surface area (Å²) in [7, 11) is 0. The van der Waals surface area contributed by atoms with E-state index in [1.165, 1.54) is 35.5 Å². The molecule has 1 atom stereocenters. The molecule has 1 aliphatic heterocycles. The van der Waals surface area contributed by atoms with E-state index in [0.717, 1.165) is 13.1 Å². The minimum Gasteiger partial charge on any atom is -0.507 e. The van der Waals surface area contributed by atoms with Gasteiger partial charge in [0, 0.05) is 31.0 Å². The van der Waals surface area contributed by atoms with Crippen LogP contribution in [-0.2, 0) is 9.59 Å². The second-order valence-corrected chi connectivity index (χ2v) is 6.81. The summed E-state index contributed by atoms with van der Waals surface area (Å²) >= 11 is 0. The Morgan fingerprint density at radius 3 is 2.48 bits per heavy atom. The first-order valence-corrected chi connectivity index (χ1v) is 9.64. The van der Waals surface area contributed by atoms with Gasteiger partial charge in [-0.05, 0) is 42.9 Å². The summed E-state index contributed by atoms with van der Waals surface area (Å²) < 4.78 is 13.9. The lowest BCUT2D eigenvalue weighted by Gasteiger charge is -2.28. The number of halogens is 1. The van der Waals surface area contributed by atoms with E-state index in [-0.39, 0.29) is 11.3 Å². The number of likely N-dealkylation sites (tertiary alicyclic amines) is 1. The number of carbonyl (C=O) groups is 2. The highest BCUT2D eigenvalue weighted by molar-refractivity contribution is 6.46. The lowest BCUT2D eigenvalue weighted by atomic mass is 9.95. The molecule has 0 bridgehead atoms. The van der Waals surface area contributed by atoms with Gasteiger partial charge in [-0.3, -0.25) is 14.6 Å². The van der Waals surface area contributed by atoms with Crippen LogP contribution in [0.4, 0.5) is 4.39 Å². The number of pyridine rings is 1. The average Bonchev–Trinajstić information content (AvgIpc) is 2.99. The van der Waals surface area contributed by atoms with Crippen molar-refractivity contribution in [3.8, 4) is 0 Å². The third-order valence-corrected chi connectivity index (χ3v) is 5.21. The summed E-state index contributed by atoms with van der Waals surface area (Å²) in [6.07, 6.45) is 2.98. The predicted octanol–water partition coefficient (Wildman–Crippen LogP) is 2.98. The highest BCUT2D eigenvalue weighted by atomic mass is 19.1. The molecule has 6 nitrogen and oxygen atoms in total. The van der Waals surface area contributed by atoms with Crippen molar-refractivity contribution < 1.29 is 19.1 Å². The fourth-order valence-corrected chi connectivity index (χ4v) is 3.59. The number of likely N-dealkylation sites (N-methyl/N-ethyl adjacent to an activating group) is 1. The average molecular weight is 397 g/mol. The SMILES string of the molecule is CCN(CC)CCN1C(=O)C(=O)/C(=C(\O)c2ccncc2)C1c1cccc(F)c1. The van der Waals surface area contributed by atoms with Crippen molar-refractivity contribution >= 4 is 17.4 Å². The molecule has 1 fully saturated rings. The number of hydrogen-bond donors (Lipinski definition) is 1. The Labute approximate surface area is 169 Å². The number of benzene rings is 1. The van der Waals surface area contributed by atoms with E-state index in [2.05, 4.69) is 9.88 Å². The summed E-state index contributed by atoms with van der Waals surface area (Å²) in [5, 5.41) is 10.8. The van der Waals surface area contributed by atoms with Crippen LogP contribution in [0.25, 0.3) is 5.76 Å². The third kappa shape index (κ3) is 4.19. The lowest BCUT2D eigenvalue weighted by Crippen LogP contribution is -2.38. The molecule has 0 spiro atoms. The number of aliphatic hydroxyl groups excluding tert-OH is 1. The Hall–Kier alpha value is -3.06. The molecule has 3 rings (SSSR count). The lowest BCUT2D eigenvalue weighted by molar-refractivity contribution is -0.140. The molecule has 1 unspecified atom stereocenters. The van der Waals surface area contributed by atoms with E-state index < -0.39 is 23.5 Å². The van der Waals surface area contributed by atoms with Gasteiger partial charge in [-0.15, -0.1) is 0 Å². The van der Waals surface area contributed by atoms with E-state index in [4.69, 9.17) is 0 Å². The molecule has 0 aliphatic carbocycles. The summed E-state index contributed by atoms with van der Waals surface area (Å²) in [4.78, 5) is 33.1. The highest BCUT2D eigenvalue weighted by Gasteiger charge is 2.46. The van der Waals surface area contributed by atoms with E-state index in [0.29, 0.717) is 24.2 Å². The second-order valence-electron chi connectivity index (χ2n) is 6.81. The smallest absolute Gasteiger partial charge is 0.295 e. The molecule has 0 radical (unpaired) electrons. The summed E-state index contributed by atoms with van der Waals surface area (Å²) in [5.74, 6) is -2.22. The molecule has 1 amide bonds. The van der Waals surface area contributed by atoms with Crippen molar-refractivity contribution in [3.05, 3.63) is 71.3 Å². The maximum absolute atomic E-state index is 13.9. The van der Waals surface area contributed by atoms with Crippen molar-refractivity contribution in [1.82, 2.24) is 14.8 Å². The van der Waals surface area contributed by atoms with Gasteiger partial charge in [-0.2, -0.15) is 0 Å². The summed E-state index contributed by atoms with van der Waals surface area (Å²) in [6, 6.07) is 8.04. The van der Waals surface area contributed by atoms with Gasteiger partial charge < -0.3 is 14.9 Å². The van der Waals surface area contributed by atoms with Gasteiger partial charge in [0.2, 0.25) is 0 Å². The standard InChI is InChI=1S/C22H24FN3O3/c1-3-25(4-2)12-13-26-19(16-6-5-7-17(23)14-16)18(21(28)22(26)29)20(27)15-8-10-24-11-9-15/h5-11,14,19,27H,3-4,12-13H2,1-2H3/b20-18-. The van der Waals surface area contributed by atoms with Crippen LogP contribution in [0.3, 0.4) is 0 Å². The van der Waals surface area contributed by atoms with Crippen LogP contribution in [-0.4, -0.2) is 57.8 Å². The molecule has 0 saturated carbocycles. The Kier molecular flexibility index (Phi) is 6.39. The summed E-state index contributed by atoms with van der Waals surface area (Å²) in [6.45, 7) is 6.52. The third-order valence-electron chi connectivity index (χ3n) is 5.21. The van der Waals surface area contributed by atoms with Gasteiger partial charge in [0.25, 0.3) is 11.7 Å². The largest absolute Gasteiger partial charge is 0.507 e. The first kappa shape index (κ1) is 20.7. The Morgan fingerprint density at radius 1 is 1.17 bits per heavy atom. The van der Waals surface area contributed by atoms with E-state index >= 15 is 0 Å². The van der Waals surface area contributed by atoms with Crippen LogP contribution in [0.5, 0.6) is 0 Å². The number of rotatable bonds is 7. The van der Waals surface area contributed by atoms with Crippen LogP contribution in [0.1, 0.15) is 31.0 Å². The van der Waals surface area contributed by atoms with Crippen molar-refractivity contribution in [1.29, 1.82) is 0 Å². The van der Waals surface area contributed by atoms with Gasteiger partial charge >= 0.3 is 0 Å². The van der Waals surface area contributed by atoms with Crippen LogP contribution in [0.15, 0.2) is 54.4 Å². The molecular formula is C22H24FN3O3. The molecule has 1 N–H and O–H groups in total. The molecule has 1 aliphatic rings. The van der Waals surface area contributed by atoms with E-state index in [1.54, 1.807) is 18.2 Å². The number of amides is 1. The first-order chi connectivity index (χ1) is 14.0. The minimum absolute atomic E-state index is 0.0358. The number of aliphatic hydroxyl groups is 1. The number of ketones is 1. The van der Waals surface area contributed by atoms with Crippen molar-refractivity contribution in [2.24, 2.45) is 0 Å². The van der Waals surface area contributed by atoms with Crippen molar-refractivity contribution in [3.63, 3.8) is 0 Å². The zero-order valence-electron chi connectivity index (χ0n) is 16.5. The topological polar surface area (TPSA) is 73.7 Å². The van der Waals surface area contributed by atoms with Gasteiger partial charge in [0.1, 0.15) is 11.6 Å². The fraction of sp³-hybridized carbons (Fsp3) is 0.318. The maximum atomic E-state index is 13.9. The van der Waals surface area contributed by atoms with Gasteiger partial charge in [0.15, 0.2) is 0 Å². The number of aromatic nitrogens is 1. The van der Waals surface area contributed by atoms with Crippen LogP contribution >= 0.6 is 0 Å². The Balaban J connectivity index is 2.09. The molecule has 2 heterocycles. The van der Waals surface area contributed by atoms with Crippen molar-refractivity contribution in [2.75, 3.05) is 26.2 Å². The number of carbonyl (C=O) groups excluding carboxylic acids is 2. The monoisotopic (exact) mass is 397 g/mol. The molecule has 7 heteroatoms. The minimum atomic E-state index is -0.852.